The molecule has 1 heterocycles. The third kappa shape index (κ3) is 1.91. The SMILES string of the molecule is CCOC(=O)C1=NN(C(C)C)C(=O)C1(O)O. The van der Waals surface area contributed by atoms with Crippen LogP contribution in [0.25, 0.3) is 0 Å². The molecule has 0 atom stereocenters. The second kappa shape index (κ2) is 4.18. The van der Waals surface area contributed by atoms with Crippen LogP contribution in [-0.2, 0) is 14.3 Å². The highest BCUT2D eigenvalue weighted by molar-refractivity contribution is 6.45. The van der Waals surface area contributed by atoms with E-state index in [1.165, 1.54) is 0 Å². The fourth-order valence-corrected chi connectivity index (χ4v) is 1.22. The zero-order valence-corrected chi connectivity index (χ0v) is 9.30. The summed E-state index contributed by atoms with van der Waals surface area (Å²) in [5.41, 5.74) is -0.701. The molecule has 16 heavy (non-hydrogen) atoms. The standard InChI is InChI=1S/C9H14N2O5/c1-4-16-7(12)6-9(14,15)8(13)11(10-6)5(2)3/h5,14-15H,4H2,1-3H3. The van der Waals surface area contributed by atoms with Gasteiger partial charge in [0, 0.05) is 0 Å². The molecule has 0 aromatic carbocycles. The fraction of sp³-hybridized carbons (Fsp3) is 0.667. The summed E-state index contributed by atoms with van der Waals surface area (Å²) in [5.74, 6) is -4.95. The molecule has 1 aliphatic heterocycles. The van der Waals surface area contributed by atoms with Crippen LogP contribution in [0.2, 0.25) is 0 Å². The lowest BCUT2D eigenvalue weighted by molar-refractivity contribution is -0.171. The van der Waals surface area contributed by atoms with E-state index in [1.54, 1.807) is 20.8 Å². The first-order chi connectivity index (χ1) is 7.32. The van der Waals surface area contributed by atoms with Crippen molar-refractivity contribution in [3.63, 3.8) is 0 Å². The molecular weight excluding hydrogens is 216 g/mol. The minimum atomic E-state index is -2.89. The first-order valence-electron chi connectivity index (χ1n) is 4.87. The predicted octanol–water partition coefficient (Wildman–Crippen LogP) is -1.16. The van der Waals surface area contributed by atoms with Gasteiger partial charge in [-0.1, -0.05) is 0 Å². The van der Waals surface area contributed by atoms with Crippen molar-refractivity contribution >= 4 is 17.6 Å². The summed E-state index contributed by atoms with van der Waals surface area (Å²) in [6.45, 7) is 4.88. The molecule has 0 aromatic heterocycles. The van der Waals surface area contributed by atoms with Crippen molar-refractivity contribution in [3.8, 4) is 0 Å². The molecule has 0 saturated carbocycles. The van der Waals surface area contributed by atoms with Gasteiger partial charge in [-0.25, -0.2) is 9.80 Å². The minimum Gasteiger partial charge on any atom is -0.461 e. The Balaban J connectivity index is 3.03. The maximum Gasteiger partial charge on any atom is 0.360 e. The molecule has 0 aliphatic carbocycles. The van der Waals surface area contributed by atoms with Crippen LogP contribution >= 0.6 is 0 Å². The molecule has 1 amide bonds. The summed E-state index contributed by atoms with van der Waals surface area (Å²) >= 11 is 0. The lowest BCUT2D eigenvalue weighted by Gasteiger charge is -2.18. The molecule has 0 saturated heterocycles. The van der Waals surface area contributed by atoms with Crippen LogP contribution in [0.15, 0.2) is 5.10 Å². The van der Waals surface area contributed by atoms with Crippen molar-refractivity contribution in [2.75, 3.05) is 6.61 Å². The summed E-state index contributed by atoms with van der Waals surface area (Å²) in [4.78, 5) is 22.8. The van der Waals surface area contributed by atoms with Crippen molar-refractivity contribution in [3.05, 3.63) is 0 Å². The van der Waals surface area contributed by atoms with E-state index in [2.05, 4.69) is 9.84 Å². The molecule has 7 nitrogen and oxygen atoms in total. The highest BCUT2D eigenvalue weighted by Gasteiger charge is 2.53. The van der Waals surface area contributed by atoms with Gasteiger partial charge in [0.2, 0.25) is 5.71 Å². The first-order valence-corrected chi connectivity index (χ1v) is 4.87. The van der Waals surface area contributed by atoms with E-state index in [0.29, 0.717) is 0 Å². The quantitative estimate of drug-likeness (QED) is 0.470. The van der Waals surface area contributed by atoms with E-state index in [-0.39, 0.29) is 12.6 Å². The van der Waals surface area contributed by atoms with Gasteiger partial charge in [-0.05, 0) is 20.8 Å². The molecule has 0 unspecified atom stereocenters. The highest BCUT2D eigenvalue weighted by atomic mass is 16.6. The number of ether oxygens (including phenoxy) is 1. The fourth-order valence-electron chi connectivity index (χ4n) is 1.22. The van der Waals surface area contributed by atoms with Crippen LogP contribution < -0.4 is 0 Å². The Morgan fingerprint density at radius 1 is 1.56 bits per heavy atom. The molecular formula is C9H14N2O5. The minimum absolute atomic E-state index is 0.0593. The first kappa shape index (κ1) is 12.6. The zero-order chi connectivity index (χ0) is 12.5. The van der Waals surface area contributed by atoms with Crippen LogP contribution in [0.3, 0.4) is 0 Å². The number of amides is 1. The zero-order valence-electron chi connectivity index (χ0n) is 9.30. The van der Waals surface area contributed by atoms with E-state index in [0.717, 1.165) is 5.01 Å². The number of carbonyl (C=O) groups excluding carboxylic acids is 2. The van der Waals surface area contributed by atoms with Crippen molar-refractivity contribution in [1.29, 1.82) is 0 Å². The Morgan fingerprint density at radius 3 is 2.50 bits per heavy atom. The Hall–Kier alpha value is -1.47. The highest BCUT2D eigenvalue weighted by Crippen LogP contribution is 2.20. The maximum atomic E-state index is 11.5. The number of esters is 1. The molecule has 0 bridgehead atoms. The second-order valence-corrected chi connectivity index (χ2v) is 3.58. The molecule has 2 N–H and O–H groups in total. The van der Waals surface area contributed by atoms with Gasteiger partial charge in [0.1, 0.15) is 0 Å². The summed E-state index contributed by atoms with van der Waals surface area (Å²) in [6.07, 6.45) is 0. The van der Waals surface area contributed by atoms with Gasteiger partial charge in [-0.15, -0.1) is 0 Å². The van der Waals surface area contributed by atoms with Crippen molar-refractivity contribution in [1.82, 2.24) is 5.01 Å². The molecule has 0 fully saturated rings. The Morgan fingerprint density at radius 2 is 2.12 bits per heavy atom. The van der Waals surface area contributed by atoms with Crippen LogP contribution in [0.4, 0.5) is 0 Å². The maximum absolute atomic E-state index is 11.5. The van der Waals surface area contributed by atoms with E-state index >= 15 is 0 Å². The van der Waals surface area contributed by atoms with E-state index < -0.39 is 23.4 Å². The average molecular weight is 230 g/mol. The summed E-state index contributed by atoms with van der Waals surface area (Å²) < 4.78 is 4.57. The number of rotatable bonds is 3. The largest absolute Gasteiger partial charge is 0.461 e. The van der Waals surface area contributed by atoms with Gasteiger partial charge in [0.05, 0.1) is 12.6 Å². The van der Waals surface area contributed by atoms with Gasteiger partial charge < -0.3 is 14.9 Å². The third-order valence-electron chi connectivity index (χ3n) is 2.00. The number of aliphatic hydroxyl groups is 2. The van der Waals surface area contributed by atoms with Gasteiger partial charge in [-0.2, -0.15) is 5.10 Å². The van der Waals surface area contributed by atoms with E-state index in [9.17, 15) is 19.8 Å². The monoisotopic (exact) mass is 230 g/mol. The second-order valence-electron chi connectivity index (χ2n) is 3.58. The molecule has 90 valence electrons. The topological polar surface area (TPSA) is 99.4 Å². The third-order valence-corrected chi connectivity index (χ3v) is 2.00. The molecule has 0 radical (unpaired) electrons. The van der Waals surface area contributed by atoms with Crippen LogP contribution in [0.1, 0.15) is 20.8 Å². The van der Waals surface area contributed by atoms with Crippen molar-refractivity contribution in [2.45, 2.75) is 32.6 Å². The lowest BCUT2D eigenvalue weighted by Crippen LogP contribution is -2.50. The smallest absolute Gasteiger partial charge is 0.360 e. The van der Waals surface area contributed by atoms with Crippen LogP contribution in [0, 0.1) is 0 Å². The molecule has 0 aromatic rings. The number of hydrazone groups is 1. The number of hydrogen-bond acceptors (Lipinski definition) is 6. The number of nitrogens with zero attached hydrogens (tertiary/aromatic N) is 2. The molecule has 0 spiro atoms. The van der Waals surface area contributed by atoms with Gasteiger partial charge in [-0.3, -0.25) is 4.79 Å². The molecule has 7 heteroatoms. The number of carbonyl (C=O) groups is 2. The van der Waals surface area contributed by atoms with E-state index in [4.69, 9.17) is 0 Å². The number of hydrogen-bond donors (Lipinski definition) is 2. The van der Waals surface area contributed by atoms with Crippen LogP contribution in [0.5, 0.6) is 0 Å². The molecule has 1 aliphatic rings. The average Bonchev–Trinajstić information content (AvgIpc) is 2.39. The van der Waals surface area contributed by atoms with Gasteiger partial charge in [0.15, 0.2) is 0 Å². The Kier molecular flexibility index (Phi) is 3.30. The normalized spacial score (nSPS) is 19.0. The lowest BCUT2D eigenvalue weighted by atomic mass is 10.1. The van der Waals surface area contributed by atoms with Crippen molar-refractivity contribution < 1.29 is 24.5 Å². The summed E-state index contributed by atoms with van der Waals surface area (Å²) in [6, 6.07) is -0.377. The Bertz CT molecular complexity index is 348. The van der Waals surface area contributed by atoms with Crippen molar-refractivity contribution in [2.24, 2.45) is 5.10 Å². The van der Waals surface area contributed by atoms with E-state index in [1.807, 2.05) is 0 Å². The predicted molar refractivity (Wildman–Crippen MR) is 53.2 cm³/mol. The Labute approximate surface area is 92.3 Å². The van der Waals surface area contributed by atoms with Gasteiger partial charge >= 0.3 is 17.7 Å². The summed E-state index contributed by atoms with van der Waals surface area (Å²) in [7, 11) is 0. The molecule has 1 rings (SSSR count). The summed E-state index contributed by atoms with van der Waals surface area (Å²) in [5, 5.41) is 23.3. The van der Waals surface area contributed by atoms with Gasteiger partial charge in [0.25, 0.3) is 0 Å². The van der Waals surface area contributed by atoms with Crippen LogP contribution in [-0.4, -0.2) is 51.2 Å².